The van der Waals surface area contributed by atoms with Crippen molar-refractivity contribution in [2.75, 3.05) is 7.11 Å². The zero-order chi connectivity index (χ0) is 21.7. The lowest BCUT2D eigenvalue weighted by molar-refractivity contribution is -0.194. The Bertz CT molecular complexity index is 1030. The molecule has 2 aromatic rings. The van der Waals surface area contributed by atoms with E-state index in [4.69, 9.17) is 13.9 Å². The number of furan rings is 1. The van der Waals surface area contributed by atoms with Crippen LogP contribution in [0.1, 0.15) is 37.0 Å². The smallest absolute Gasteiger partial charge is 0.278 e. The Morgan fingerprint density at radius 2 is 1.90 bits per heavy atom. The van der Waals surface area contributed by atoms with Crippen LogP contribution in [-0.4, -0.2) is 46.4 Å². The van der Waals surface area contributed by atoms with E-state index in [2.05, 4.69) is 5.32 Å². The van der Waals surface area contributed by atoms with Crippen molar-refractivity contribution >= 4 is 17.4 Å². The van der Waals surface area contributed by atoms with Crippen LogP contribution < -0.4 is 5.32 Å². The third-order valence-electron chi connectivity index (χ3n) is 5.81. The average Bonchev–Trinajstić information content (AvgIpc) is 3.41. The molecular weight excluding hydrogens is 390 g/mol. The molecule has 8 nitrogen and oxygen atoms in total. The third-order valence-corrected chi connectivity index (χ3v) is 5.81. The number of aliphatic hydroxyl groups excluding tert-OH is 2. The highest BCUT2D eigenvalue weighted by atomic mass is 16.6. The van der Waals surface area contributed by atoms with Gasteiger partial charge in [0.2, 0.25) is 11.5 Å². The Balaban J connectivity index is 1.75. The summed E-state index contributed by atoms with van der Waals surface area (Å²) in [6.45, 7) is 3.42. The number of carbonyl (C=O) groups excluding carboxylic acids is 2. The third kappa shape index (κ3) is 2.57. The van der Waals surface area contributed by atoms with Crippen LogP contribution in [0.4, 0.5) is 0 Å². The fraction of sp³-hybridized carbons (Fsp3) is 0.364. The van der Waals surface area contributed by atoms with Gasteiger partial charge in [0.15, 0.2) is 17.6 Å². The van der Waals surface area contributed by atoms with Crippen molar-refractivity contribution in [1.29, 1.82) is 0 Å². The molecule has 0 aliphatic carbocycles. The van der Waals surface area contributed by atoms with Crippen molar-refractivity contribution < 1.29 is 33.7 Å². The average molecular weight is 413 g/mol. The van der Waals surface area contributed by atoms with E-state index in [1.807, 2.05) is 6.92 Å². The van der Waals surface area contributed by atoms with E-state index in [0.29, 0.717) is 17.7 Å². The Hall–Kier alpha value is -2.94. The predicted octanol–water partition coefficient (Wildman–Crippen LogP) is 1.48. The number of hydrogen-bond donors (Lipinski definition) is 3. The second-order valence-electron chi connectivity index (χ2n) is 7.41. The quantitative estimate of drug-likeness (QED) is 0.636. The van der Waals surface area contributed by atoms with Crippen molar-refractivity contribution in [2.45, 2.75) is 43.8 Å². The van der Waals surface area contributed by atoms with Crippen molar-refractivity contribution in [2.24, 2.45) is 0 Å². The highest BCUT2D eigenvalue weighted by molar-refractivity contribution is 6.23. The highest BCUT2D eigenvalue weighted by Gasteiger charge is 2.73. The summed E-state index contributed by atoms with van der Waals surface area (Å²) in [5, 5.41) is 24.7. The normalized spacial score (nSPS) is 29.4. The lowest BCUT2D eigenvalue weighted by atomic mass is 9.84. The van der Waals surface area contributed by atoms with E-state index in [0.717, 1.165) is 0 Å². The summed E-state index contributed by atoms with van der Waals surface area (Å²) >= 11 is 0. The SMILES string of the molecule is CCc1ccc(C2=C(C)C(=O)[C@]3(O2)C(=O)N[C@@](OC)(C(O)c2ccccc2)[C@@H]3O)o1. The number of methoxy groups -OCH3 is 1. The minimum Gasteiger partial charge on any atom is -0.462 e. The first-order valence-electron chi connectivity index (χ1n) is 9.64. The Labute approximate surface area is 173 Å². The Kier molecular flexibility index (Phi) is 4.80. The molecule has 4 atom stereocenters. The summed E-state index contributed by atoms with van der Waals surface area (Å²) in [5.74, 6) is -0.558. The summed E-state index contributed by atoms with van der Waals surface area (Å²) in [4.78, 5) is 26.2. The molecule has 3 N–H and O–H groups in total. The molecule has 30 heavy (non-hydrogen) atoms. The number of hydrogen-bond acceptors (Lipinski definition) is 7. The van der Waals surface area contributed by atoms with Gasteiger partial charge in [-0.2, -0.15) is 0 Å². The van der Waals surface area contributed by atoms with Crippen molar-refractivity contribution in [3.05, 3.63) is 65.1 Å². The number of Topliss-reactive ketones (excluding diaryl/α,β-unsaturated/α-hetero) is 1. The fourth-order valence-electron chi connectivity index (χ4n) is 4.06. The minimum absolute atomic E-state index is 0.0787. The number of aliphatic hydroxyl groups is 2. The largest absolute Gasteiger partial charge is 0.462 e. The van der Waals surface area contributed by atoms with Crippen LogP contribution in [0.2, 0.25) is 0 Å². The van der Waals surface area contributed by atoms with E-state index < -0.39 is 35.2 Å². The molecule has 8 heteroatoms. The number of nitrogens with one attached hydrogen (secondary N) is 1. The maximum atomic E-state index is 13.2. The fourth-order valence-corrected chi connectivity index (χ4v) is 4.06. The van der Waals surface area contributed by atoms with Crippen molar-refractivity contribution in [3.8, 4) is 0 Å². The van der Waals surface area contributed by atoms with E-state index >= 15 is 0 Å². The molecule has 158 valence electrons. The lowest BCUT2D eigenvalue weighted by Crippen LogP contribution is -2.59. The summed E-state index contributed by atoms with van der Waals surface area (Å²) in [5.41, 5.74) is -3.74. The second kappa shape index (κ2) is 7.09. The zero-order valence-electron chi connectivity index (χ0n) is 16.8. The maximum absolute atomic E-state index is 13.2. The molecule has 1 unspecified atom stereocenters. The van der Waals surface area contributed by atoms with Gasteiger partial charge in [0, 0.05) is 19.1 Å². The number of benzene rings is 1. The number of amides is 1. The topological polar surface area (TPSA) is 118 Å². The number of carbonyl (C=O) groups is 2. The maximum Gasteiger partial charge on any atom is 0.278 e. The molecule has 1 aromatic carbocycles. The molecule has 2 aliphatic rings. The molecule has 3 heterocycles. The number of ether oxygens (including phenoxy) is 2. The molecule has 0 saturated carbocycles. The Morgan fingerprint density at radius 1 is 1.20 bits per heavy atom. The zero-order valence-corrected chi connectivity index (χ0v) is 16.8. The summed E-state index contributed by atoms with van der Waals surface area (Å²) in [6, 6.07) is 11.8. The molecule has 1 aromatic heterocycles. The van der Waals surface area contributed by atoms with E-state index in [9.17, 15) is 19.8 Å². The van der Waals surface area contributed by atoms with Crippen LogP contribution in [0.25, 0.3) is 5.76 Å². The molecule has 1 fully saturated rings. The van der Waals surface area contributed by atoms with Gasteiger partial charge in [-0.25, -0.2) is 0 Å². The first-order chi connectivity index (χ1) is 14.3. The Morgan fingerprint density at radius 3 is 2.50 bits per heavy atom. The van der Waals surface area contributed by atoms with Crippen molar-refractivity contribution in [3.63, 3.8) is 0 Å². The van der Waals surface area contributed by atoms with E-state index in [1.54, 1.807) is 42.5 Å². The summed E-state index contributed by atoms with van der Waals surface area (Å²) in [7, 11) is 1.23. The summed E-state index contributed by atoms with van der Waals surface area (Å²) in [6.07, 6.45) is -2.65. The van der Waals surface area contributed by atoms with Crippen LogP contribution in [0.5, 0.6) is 0 Å². The first kappa shape index (κ1) is 20.3. The predicted molar refractivity (Wildman–Crippen MR) is 105 cm³/mol. The van der Waals surface area contributed by atoms with Crippen LogP contribution in [0, 0.1) is 0 Å². The molecule has 1 amide bonds. The van der Waals surface area contributed by atoms with Crippen LogP contribution in [0.15, 0.2) is 52.5 Å². The van der Waals surface area contributed by atoms with Gasteiger partial charge in [-0.05, 0) is 24.6 Å². The molecule has 2 aliphatic heterocycles. The summed E-state index contributed by atoms with van der Waals surface area (Å²) < 4.78 is 16.9. The minimum atomic E-state index is -2.29. The first-order valence-corrected chi connectivity index (χ1v) is 9.64. The number of rotatable bonds is 5. The molecule has 1 saturated heterocycles. The van der Waals surface area contributed by atoms with Crippen LogP contribution in [0.3, 0.4) is 0 Å². The van der Waals surface area contributed by atoms with Gasteiger partial charge in [0.25, 0.3) is 11.5 Å². The van der Waals surface area contributed by atoms with E-state index in [1.165, 1.54) is 14.0 Å². The molecular formula is C22H23NO7. The van der Waals surface area contributed by atoms with Gasteiger partial charge in [0.1, 0.15) is 11.9 Å². The van der Waals surface area contributed by atoms with Gasteiger partial charge < -0.3 is 29.4 Å². The number of ketones is 1. The van der Waals surface area contributed by atoms with Gasteiger partial charge >= 0.3 is 0 Å². The molecule has 0 radical (unpaired) electrons. The highest BCUT2D eigenvalue weighted by Crippen LogP contribution is 2.48. The monoisotopic (exact) mass is 413 g/mol. The lowest BCUT2D eigenvalue weighted by Gasteiger charge is -2.37. The standard InChI is InChI=1S/C22H23NO7/c1-4-14-10-11-15(29-14)16-12(2)17(24)21(30-16)19(26)22(28-3,23-20(21)27)18(25)13-8-6-5-7-9-13/h5-11,18-19,25-26H,4H2,1-3H3,(H,23,27)/t18?,19-,21-,22-/m1/s1. The van der Waals surface area contributed by atoms with Crippen LogP contribution in [-0.2, 0) is 25.5 Å². The van der Waals surface area contributed by atoms with Crippen molar-refractivity contribution in [1.82, 2.24) is 5.32 Å². The van der Waals surface area contributed by atoms with Gasteiger partial charge in [0.05, 0.1) is 0 Å². The van der Waals surface area contributed by atoms with Gasteiger partial charge in [-0.15, -0.1) is 0 Å². The number of aryl methyl sites for hydroxylation is 1. The molecule has 4 rings (SSSR count). The molecule has 1 spiro atoms. The molecule has 0 bridgehead atoms. The van der Waals surface area contributed by atoms with Gasteiger partial charge in [-0.1, -0.05) is 37.3 Å². The second-order valence-corrected chi connectivity index (χ2v) is 7.41. The van der Waals surface area contributed by atoms with Crippen LogP contribution >= 0.6 is 0 Å². The van der Waals surface area contributed by atoms with Gasteiger partial charge in [-0.3, -0.25) is 9.59 Å². The van der Waals surface area contributed by atoms with E-state index in [-0.39, 0.29) is 17.1 Å².